The van der Waals surface area contributed by atoms with Crippen LogP contribution in [-0.4, -0.2) is 34.4 Å². The Balaban J connectivity index is 1.50. The Morgan fingerprint density at radius 2 is 1.76 bits per heavy atom. The minimum atomic E-state index is -1.06. The number of ether oxygens (including phenoxy) is 1. The summed E-state index contributed by atoms with van der Waals surface area (Å²) in [5.41, 5.74) is -0.235. The average molecular weight is 485 g/mol. The minimum Gasteiger partial charge on any atom is -0.469 e. The lowest BCUT2D eigenvalue weighted by molar-refractivity contribution is -0.144. The van der Waals surface area contributed by atoms with Gasteiger partial charge in [0, 0.05) is 24.5 Å². The van der Waals surface area contributed by atoms with Gasteiger partial charge in [-0.2, -0.15) is 0 Å². The summed E-state index contributed by atoms with van der Waals surface area (Å²) >= 11 is 5.78. The number of carbonyl (C=O) groups is 3. The lowest BCUT2D eigenvalue weighted by atomic mass is 10.2. The molecule has 1 aliphatic rings. The van der Waals surface area contributed by atoms with E-state index in [4.69, 9.17) is 16.3 Å². The lowest BCUT2D eigenvalue weighted by Crippen LogP contribution is -2.21. The van der Waals surface area contributed by atoms with Gasteiger partial charge in [0.1, 0.15) is 11.6 Å². The van der Waals surface area contributed by atoms with Gasteiger partial charge >= 0.3 is 5.97 Å². The second kappa shape index (κ2) is 9.44. The van der Waals surface area contributed by atoms with Gasteiger partial charge in [-0.15, -0.1) is 0 Å². The van der Waals surface area contributed by atoms with Gasteiger partial charge in [-0.05, 0) is 30.3 Å². The topological polar surface area (TPSA) is 119 Å². The quantitative estimate of drug-likeness (QED) is 0.519. The van der Waals surface area contributed by atoms with E-state index in [1.54, 1.807) is 12.1 Å². The molecule has 174 valence electrons. The van der Waals surface area contributed by atoms with Crippen LogP contribution < -0.4 is 16.2 Å². The number of esters is 1. The van der Waals surface area contributed by atoms with Crippen molar-refractivity contribution in [2.24, 2.45) is 17.8 Å². The normalized spacial score (nSPS) is 18.6. The first-order chi connectivity index (χ1) is 16.3. The summed E-state index contributed by atoms with van der Waals surface area (Å²) in [6.45, 7) is 0. The van der Waals surface area contributed by atoms with Crippen LogP contribution in [0.2, 0.25) is 5.02 Å². The van der Waals surface area contributed by atoms with Gasteiger partial charge in [-0.1, -0.05) is 17.7 Å². The molecule has 0 unspecified atom stereocenters. The summed E-state index contributed by atoms with van der Waals surface area (Å²) in [7, 11) is 1.15. The molecule has 11 heteroatoms. The van der Waals surface area contributed by atoms with Gasteiger partial charge in [0.2, 0.25) is 11.8 Å². The number of rotatable bonds is 6. The van der Waals surface area contributed by atoms with E-state index < -0.39 is 41.4 Å². The predicted molar refractivity (Wildman–Crippen MR) is 121 cm³/mol. The van der Waals surface area contributed by atoms with Crippen LogP contribution in [0.3, 0.4) is 0 Å². The number of amides is 2. The molecule has 9 nitrogen and oxygen atoms in total. The van der Waals surface area contributed by atoms with Gasteiger partial charge < -0.3 is 15.4 Å². The van der Waals surface area contributed by atoms with Crippen LogP contribution >= 0.6 is 11.6 Å². The van der Waals surface area contributed by atoms with E-state index in [-0.39, 0.29) is 22.8 Å². The van der Waals surface area contributed by atoms with Crippen molar-refractivity contribution in [1.82, 2.24) is 9.55 Å². The number of benzene rings is 1. The van der Waals surface area contributed by atoms with Gasteiger partial charge in [0.15, 0.2) is 0 Å². The highest BCUT2D eigenvalue weighted by Crippen LogP contribution is 2.48. The van der Waals surface area contributed by atoms with Crippen LogP contribution in [0.4, 0.5) is 15.9 Å². The summed E-state index contributed by atoms with van der Waals surface area (Å²) in [5.74, 6) is -5.75. The molecule has 4 rings (SSSR count). The minimum absolute atomic E-state index is 0.160. The van der Waals surface area contributed by atoms with Crippen molar-refractivity contribution in [1.29, 1.82) is 0 Å². The number of nitrogens with one attached hydrogen (secondary N) is 2. The van der Waals surface area contributed by atoms with Gasteiger partial charge in [-0.25, -0.2) is 9.37 Å². The SMILES string of the molecule is COC(=O)[C@H]1[C@H](C(=O)Nc2ccc(Cl)cn2)[C@@H]1C(=O)Nc1ccc(-n2ccccc2=O)cc1F. The summed E-state index contributed by atoms with van der Waals surface area (Å²) in [5, 5.41) is 5.31. The van der Waals surface area contributed by atoms with E-state index in [1.807, 2.05) is 0 Å². The molecular formula is C23H18ClFN4O5. The second-order valence-electron chi connectivity index (χ2n) is 7.51. The number of halogens is 2. The Kier molecular flexibility index (Phi) is 6.42. The number of anilines is 2. The van der Waals surface area contributed by atoms with Crippen molar-refractivity contribution in [2.75, 3.05) is 17.7 Å². The van der Waals surface area contributed by atoms with E-state index in [2.05, 4.69) is 15.6 Å². The van der Waals surface area contributed by atoms with Crippen molar-refractivity contribution < 1.29 is 23.5 Å². The summed E-state index contributed by atoms with van der Waals surface area (Å²) < 4.78 is 20.6. The first kappa shape index (κ1) is 23.1. The first-order valence-electron chi connectivity index (χ1n) is 10.1. The Morgan fingerprint density at radius 3 is 2.38 bits per heavy atom. The highest BCUT2D eigenvalue weighted by molar-refractivity contribution is 6.30. The molecule has 0 saturated heterocycles. The molecule has 2 aromatic heterocycles. The number of methoxy groups -OCH3 is 1. The zero-order valence-corrected chi connectivity index (χ0v) is 18.5. The molecular weight excluding hydrogens is 467 g/mol. The number of carbonyl (C=O) groups excluding carboxylic acids is 3. The van der Waals surface area contributed by atoms with Crippen molar-refractivity contribution in [3.63, 3.8) is 0 Å². The zero-order valence-electron chi connectivity index (χ0n) is 17.7. The van der Waals surface area contributed by atoms with Gasteiger partial charge in [0.25, 0.3) is 5.56 Å². The molecule has 0 bridgehead atoms. The molecule has 0 radical (unpaired) electrons. The van der Waals surface area contributed by atoms with E-state index in [1.165, 1.54) is 47.3 Å². The zero-order chi connectivity index (χ0) is 24.4. The number of hydrogen-bond donors (Lipinski definition) is 2. The van der Waals surface area contributed by atoms with Crippen LogP contribution in [-0.2, 0) is 19.1 Å². The summed E-state index contributed by atoms with van der Waals surface area (Å²) in [4.78, 5) is 53.5. The largest absolute Gasteiger partial charge is 0.469 e. The maximum Gasteiger partial charge on any atom is 0.310 e. The van der Waals surface area contributed by atoms with E-state index in [9.17, 15) is 23.6 Å². The van der Waals surface area contributed by atoms with Crippen LogP contribution in [0.25, 0.3) is 5.69 Å². The van der Waals surface area contributed by atoms with E-state index in [0.717, 1.165) is 13.2 Å². The monoisotopic (exact) mass is 484 g/mol. The van der Waals surface area contributed by atoms with E-state index >= 15 is 0 Å². The molecule has 0 aliphatic heterocycles. The fourth-order valence-electron chi connectivity index (χ4n) is 3.66. The van der Waals surface area contributed by atoms with Crippen molar-refractivity contribution >= 4 is 40.9 Å². The fourth-order valence-corrected chi connectivity index (χ4v) is 3.78. The van der Waals surface area contributed by atoms with Crippen LogP contribution in [0, 0.1) is 23.6 Å². The highest BCUT2D eigenvalue weighted by atomic mass is 35.5. The number of hydrogen-bond acceptors (Lipinski definition) is 6. The third-order valence-electron chi connectivity index (χ3n) is 5.39. The number of nitrogens with zero attached hydrogens (tertiary/aromatic N) is 2. The highest BCUT2D eigenvalue weighted by Gasteiger charge is 2.63. The first-order valence-corrected chi connectivity index (χ1v) is 10.5. The molecule has 2 amide bonds. The molecule has 34 heavy (non-hydrogen) atoms. The fraction of sp³-hybridized carbons (Fsp3) is 0.174. The third kappa shape index (κ3) is 4.67. The third-order valence-corrected chi connectivity index (χ3v) is 5.61. The van der Waals surface area contributed by atoms with Crippen molar-refractivity contribution in [3.8, 4) is 5.69 Å². The summed E-state index contributed by atoms with van der Waals surface area (Å²) in [6.07, 6.45) is 2.82. The van der Waals surface area contributed by atoms with Gasteiger partial charge in [0.05, 0.1) is 41.3 Å². The molecule has 1 aromatic carbocycles. The van der Waals surface area contributed by atoms with E-state index in [0.29, 0.717) is 5.02 Å². The van der Waals surface area contributed by atoms with Crippen LogP contribution in [0.1, 0.15) is 0 Å². The Bertz CT molecular complexity index is 1330. The summed E-state index contributed by atoms with van der Waals surface area (Å²) in [6, 6.07) is 11.4. The van der Waals surface area contributed by atoms with Crippen LogP contribution in [0.5, 0.6) is 0 Å². The van der Waals surface area contributed by atoms with Crippen molar-refractivity contribution in [3.05, 3.63) is 82.1 Å². The Hall–Kier alpha value is -4.05. The maximum absolute atomic E-state index is 14.7. The molecule has 1 fully saturated rings. The van der Waals surface area contributed by atoms with Crippen LogP contribution in [0.15, 0.2) is 65.7 Å². The molecule has 1 aliphatic carbocycles. The molecule has 2 N–H and O–H groups in total. The Labute approximate surface area is 197 Å². The molecule has 1 saturated carbocycles. The lowest BCUT2D eigenvalue weighted by Gasteiger charge is -2.10. The number of aromatic nitrogens is 2. The predicted octanol–water partition coefficient (Wildman–Crippen LogP) is 2.64. The Morgan fingerprint density at radius 1 is 1.03 bits per heavy atom. The molecule has 0 spiro atoms. The number of pyridine rings is 2. The smallest absolute Gasteiger partial charge is 0.310 e. The van der Waals surface area contributed by atoms with Crippen molar-refractivity contribution in [2.45, 2.75) is 0 Å². The standard InChI is InChI=1S/C23H18ClFN4O5/c1-34-23(33)20-18(19(20)22(32)28-16-8-5-12(24)11-26-16)21(31)27-15-7-6-13(10-14(15)25)29-9-3-2-4-17(29)30/h2-11,18-20H,1H3,(H,27,31)(H,26,28,32)/t18-,19+,20+/m0/s1. The second-order valence-corrected chi connectivity index (χ2v) is 7.95. The molecule has 3 atom stereocenters. The molecule has 2 heterocycles. The maximum atomic E-state index is 14.7. The average Bonchev–Trinajstić information content (AvgIpc) is 3.58. The van der Waals surface area contributed by atoms with Gasteiger partial charge in [-0.3, -0.25) is 23.7 Å². The molecule has 3 aromatic rings.